The predicted molar refractivity (Wildman–Crippen MR) is 98.7 cm³/mol. The van der Waals surface area contributed by atoms with Crippen molar-refractivity contribution in [2.45, 2.75) is 25.4 Å². The van der Waals surface area contributed by atoms with Crippen LogP contribution in [-0.4, -0.2) is 31.4 Å². The lowest BCUT2D eigenvalue weighted by molar-refractivity contribution is 0.235. The van der Waals surface area contributed by atoms with Crippen LogP contribution in [0.4, 0.5) is 4.39 Å². The number of halogens is 1. The van der Waals surface area contributed by atoms with E-state index in [0.29, 0.717) is 22.6 Å². The van der Waals surface area contributed by atoms with Crippen molar-refractivity contribution < 1.29 is 4.39 Å². The minimum absolute atomic E-state index is 0.0880. The molecule has 4 aromatic rings. The molecule has 0 aliphatic carbocycles. The van der Waals surface area contributed by atoms with Crippen LogP contribution in [0.1, 0.15) is 30.5 Å². The van der Waals surface area contributed by atoms with E-state index in [1.807, 2.05) is 11.4 Å². The molecule has 3 aromatic heterocycles. The van der Waals surface area contributed by atoms with Gasteiger partial charge in [0.05, 0.1) is 29.1 Å². The Morgan fingerprint density at radius 2 is 2.15 bits per heavy atom. The van der Waals surface area contributed by atoms with Crippen molar-refractivity contribution in [1.29, 1.82) is 0 Å². The van der Waals surface area contributed by atoms with Gasteiger partial charge in [-0.05, 0) is 49.0 Å². The molecule has 1 aliphatic heterocycles. The molecule has 1 atom stereocenters. The number of rotatable bonds is 3. The highest BCUT2D eigenvalue weighted by Crippen LogP contribution is 2.32. The molecule has 132 valence electrons. The zero-order valence-electron chi connectivity index (χ0n) is 13.8. The number of thiophene rings is 1. The highest BCUT2D eigenvalue weighted by atomic mass is 32.1. The summed E-state index contributed by atoms with van der Waals surface area (Å²) in [4.78, 5) is 29.8. The minimum atomic E-state index is -0.276. The number of imidazole rings is 1. The number of benzene rings is 1. The van der Waals surface area contributed by atoms with Gasteiger partial charge in [-0.3, -0.25) is 9.69 Å². The second kappa shape index (κ2) is 6.00. The van der Waals surface area contributed by atoms with Crippen molar-refractivity contribution in [3.8, 4) is 0 Å². The number of nitrogens with one attached hydrogen (secondary N) is 2. The second-order valence-electron chi connectivity index (χ2n) is 6.56. The van der Waals surface area contributed by atoms with Gasteiger partial charge in [0.1, 0.15) is 22.2 Å². The Morgan fingerprint density at radius 3 is 3.08 bits per heavy atom. The molecule has 0 radical (unpaired) electrons. The maximum absolute atomic E-state index is 13.4. The molecular formula is C18H16FN5OS. The van der Waals surface area contributed by atoms with Gasteiger partial charge in [0.2, 0.25) is 0 Å². The van der Waals surface area contributed by atoms with Crippen molar-refractivity contribution in [1.82, 2.24) is 24.8 Å². The first-order valence-corrected chi connectivity index (χ1v) is 9.41. The van der Waals surface area contributed by atoms with Crippen LogP contribution in [0.5, 0.6) is 0 Å². The summed E-state index contributed by atoms with van der Waals surface area (Å²) in [6.07, 6.45) is 2.01. The summed E-state index contributed by atoms with van der Waals surface area (Å²) in [6, 6.07) is 6.55. The van der Waals surface area contributed by atoms with E-state index >= 15 is 0 Å². The molecule has 0 saturated carbocycles. The molecule has 0 amide bonds. The Labute approximate surface area is 151 Å². The molecule has 2 N–H and O–H groups in total. The molecule has 1 fully saturated rings. The van der Waals surface area contributed by atoms with Gasteiger partial charge in [0.15, 0.2) is 0 Å². The van der Waals surface area contributed by atoms with Gasteiger partial charge in [-0.2, -0.15) is 0 Å². The monoisotopic (exact) mass is 369 g/mol. The van der Waals surface area contributed by atoms with E-state index in [1.165, 1.54) is 23.5 Å². The molecule has 1 saturated heterocycles. The maximum Gasteiger partial charge on any atom is 0.268 e. The third-order valence-corrected chi connectivity index (χ3v) is 5.76. The van der Waals surface area contributed by atoms with Gasteiger partial charge >= 0.3 is 0 Å². The van der Waals surface area contributed by atoms with E-state index in [1.54, 1.807) is 6.07 Å². The first-order chi connectivity index (χ1) is 12.7. The Hall–Kier alpha value is -2.58. The van der Waals surface area contributed by atoms with Crippen LogP contribution in [0, 0.1) is 5.82 Å². The molecule has 4 heterocycles. The van der Waals surface area contributed by atoms with Crippen LogP contribution in [0.2, 0.25) is 0 Å². The zero-order chi connectivity index (χ0) is 17.7. The smallest absolute Gasteiger partial charge is 0.268 e. The van der Waals surface area contributed by atoms with Gasteiger partial charge in [-0.25, -0.2) is 14.4 Å². The van der Waals surface area contributed by atoms with Crippen molar-refractivity contribution >= 4 is 32.6 Å². The number of aromatic amines is 2. The molecule has 1 aliphatic rings. The first-order valence-electron chi connectivity index (χ1n) is 8.53. The van der Waals surface area contributed by atoms with Crippen LogP contribution in [0.15, 0.2) is 34.4 Å². The van der Waals surface area contributed by atoms with Crippen molar-refractivity contribution in [3.63, 3.8) is 0 Å². The summed E-state index contributed by atoms with van der Waals surface area (Å²) in [5.41, 5.74) is 2.12. The second-order valence-corrected chi connectivity index (χ2v) is 7.48. The lowest BCUT2D eigenvalue weighted by Crippen LogP contribution is -2.26. The standard InChI is InChI=1S/C18H16FN5OS/c19-10-3-4-11-13(8-10)22-17(21-11)14-2-1-6-24(14)9-15-20-12-5-7-26-16(12)18(25)23-15/h3-5,7-8,14H,1-2,6,9H2,(H,21,22)(H,20,23,25). The third-order valence-electron chi connectivity index (χ3n) is 4.86. The van der Waals surface area contributed by atoms with E-state index in [-0.39, 0.29) is 17.4 Å². The van der Waals surface area contributed by atoms with Crippen LogP contribution in [0.3, 0.4) is 0 Å². The Kier molecular flexibility index (Phi) is 3.61. The van der Waals surface area contributed by atoms with Crippen molar-refractivity contribution in [2.75, 3.05) is 6.54 Å². The normalized spacial score (nSPS) is 18.3. The molecule has 6 nitrogen and oxygen atoms in total. The zero-order valence-corrected chi connectivity index (χ0v) is 14.6. The van der Waals surface area contributed by atoms with Crippen molar-refractivity contribution in [3.05, 3.63) is 57.5 Å². The van der Waals surface area contributed by atoms with Gasteiger partial charge in [0.25, 0.3) is 5.56 Å². The summed E-state index contributed by atoms with van der Waals surface area (Å²) < 4.78 is 14.1. The molecule has 1 unspecified atom stereocenters. The molecule has 8 heteroatoms. The van der Waals surface area contributed by atoms with Crippen molar-refractivity contribution in [2.24, 2.45) is 0 Å². The van der Waals surface area contributed by atoms with E-state index in [9.17, 15) is 9.18 Å². The van der Waals surface area contributed by atoms with Gasteiger partial charge < -0.3 is 9.97 Å². The quantitative estimate of drug-likeness (QED) is 0.581. The van der Waals surface area contributed by atoms with E-state index in [0.717, 1.165) is 36.2 Å². The number of hydrogen-bond acceptors (Lipinski definition) is 5. The number of nitrogens with zero attached hydrogens (tertiary/aromatic N) is 3. The fraction of sp³-hybridized carbons (Fsp3) is 0.278. The van der Waals surface area contributed by atoms with Gasteiger partial charge in [0, 0.05) is 0 Å². The topological polar surface area (TPSA) is 77.7 Å². The van der Waals surface area contributed by atoms with Gasteiger partial charge in [-0.15, -0.1) is 11.3 Å². The number of hydrogen-bond donors (Lipinski definition) is 2. The molecule has 0 spiro atoms. The van der Waals surface area contributed by atoms with E-state index in [4.69, 9.17) is 0 Å². The summed E-state index contributed by atoms with van der Waals surface area (Å²) >= 11 is 1.40. The fourth-order valence-corrected chi connectivity index (χ4v) is 4.40. The summed E-state index contributed by atoms with van der Waals surface area (Å²) in [7, 11) is 0. The average molecular weight is 369 g/mol. The Bertz CT molecular complexity index is 1160. The number of likely N-dealkylation sites (tertiary alicyclic amines) is 1. The lowest BCUT2D eigenvalue weighted by Gasteiger charge is -2.22. The van der Waals surface area contributed by atoms with Crippen LogP contribution in [0.25, 0.3) is 21.3 Å². The third kappa shape index (κ3) is 2.62. The number of fused-ring (bicyclic) bond motifs is 2. The van der Waals surface area contributed by atoms with Crippen LogP contribution < -0.4 is 5.56 Å². The molecule has 26 heavy (non-hydrogen) atoms. The molecule has 1 aromatic carbocycles. The minimum Gasteiger partial charge on any atom is -0.341 e. The summed E-state index contributed by atoms with van der Waals surface area (Å²) in [6.45, 7) is 1.46. The number of aromatic nitrogens is 4. The summed E-state index contributed by atoms with van der Waals surface area (Å²) in [5.74, 6) is 1.22. The highest BCUT2D eigenvalue weighted by Gasteiger charge is 2.29. The molecule has 0 bridgehead atoms. The molecule has 5 rings (SSSR count). The van der Waals surface area contributed by atoms with Gasteiger partial charge in [-0.1, -0.05) is 0 Å². The Morgan fingerprint density at radius 1 is 1.23 bits per heavy atom. The largest absolute Gasteiger partial charge is 0.341 e. The van der Waals surface area contributed by atoms with E-state index < -0.39 is 0 Å². The highest BCUT2D eigenvalue weighted by molar-refractivity contribution is 7.17. The van der Waals surface area contributed by atoms with E-state index in [2.05, 4.69) is 24.8 Å². The maximum atomic E-state index is 13.4. The first kappa shape index (κ1) is 15.7. The lowest BCUT2D eigenvalue weighted by atomic mass is 10.2. The SMILES string of the molecule is O=c1[nH]c(CN2CCCC2c2nc3ccc(F)cc3[nH]2)nc2ccsc12. The summed E-state index contributed by atoms with van der Waals surface area (Å²) in [5, 5.41) is 1.88. The Balaban J connectivity index is 1.46. The van der Waals surface area contributed by atoms with Crippen LogP contribution in [-0.2, 0) is 6.54 Å². The molecular weight excluding hydrogens is 353 g/mol. The fourth-order valence-electron chi connectivity index (χ4n) is 3.67. The number of H-pyrrole nitrogens is 2. The van der Waals surface area contributed by atoms with Crippen LogP contribution >= 0.6 is 11.3 Å². The predicted octanol–water partition coefficient (Wildman–Crippen LogP) is 3.34. The average Bonchev–Trinajstić information content (AvgIpc) is 3.32.